The molecule has 0 saturated carbocycles. The summed E-state index contributed by atoms with van der Waals surface area (Å²) in [6.07, 6.45) is -5.72. The molecule has 0 unspecified atom stereocenters. The molecule has 4 nitrogen and oxygen atoms in total. The summed E-state index contributed by atoms with van der Waals surface area (Å²) in [4.78, 5) is 19.2. The largest absolute Gasteiger partial charge is 0.498 e. The molecule has 0 aliphatic rings. The predicted molar refractivity (Wildman–Crippen MR) is 29.3 cm³/mol. The van der Waals surface area contributed by atoms with E-state index in [1.807, 2.05) is 0 Å². The molecule has 64 valence electrons. The van der Waals surface area contributed by atoms with E-state index in [1.54, 1.807) is 0 Å². The van der Waals surface area contributed by atoms with Crippen LogP contribution in [-0.2, 0) is 9.47 Å². The lowest BCUT2D eigenvalue weighted by molar-refractivity contribution is -0.0772. The zero-order valence-corrected chi connectivity index (χ0v) is 5.67. The molecular formula is C5H6F2O4. The van der Waals surface area contributed by atoms with Crippen molar-refractivity contribution in [2.45, 2.75) is 19.6 Å². The van der Waals surface area contributed by atoms with Crippen LogP contribution in [0.4, 0.5) is 18.4 Å². The number of hydrogen-bond acceptors (Lipinski definition) is 4. The first kappa shape index (κ1) is 9.80. The maximum absolute atomic E-state index is 11.4. The molecule has 0 radical (unpaired) electrons. The highest BCUT2D eigenvalue weighted by molar-refractivity contribution is 5.60. The van der Waals surface area contributed by atoms with Crippen molar-refractivity contribution in [2.24, 2.45) is 0 Å². The fraction of sp³-hybridized carbons (Fsp3) is 0.600. The highest BCUT2D eigenvalue weighted by Gasteiger charge is 2.15. The summed E-state index contributed by atoms with van der Waals surface area (Å²) in [6.45, 7) is 1.43. The smallest absolute Gasteiger partial charge is 0.400 e. The van der Waals surface area contributed by atoms with Gasteiger partial charge in [-0.1, -0.05) is 6.92 Å². The number of carbonyl (C=O) groups excluding carboxylic acids is 2. The molecule has 11 heavy (non-hydrogen) atoms. The number of halogens is 2. The van der Waals surface area contributed by atoms with Crippen molar-refractivity contribution in [3.05, 3.63) is 0 Å². The summed E-state index contributed by atoms with van der Waals surface area (Å²) >= 11 is 0. The second-order valence-electron chi connectivity index (χ2n) is 1.55. The van der Waals surface area contributed by atoms with E-state index >= 15 is 0 Å². The summed E-state index contributed by atoms with van der Waals surface area (Å²) in [5.41, 5.74) is 0. The number of ether oxygens (including phenoxy) is 2. The van der Waals surface area contributed by atoms with Crippen LogP contribution < -0.4 is 0 Å². The molecule has 0 aromatic carbocycles. The maximum Gasteiger partial charge on any atom is 0.498 e. The molecule has 0 fully saturated rings. The van der Waals surface area contributed by atoms with Gasteiger partial charge in [0.1, 0.15) is 0 Å². The zero-order valence-electron chi connectivity index (χ0n) is 5.67. The molecule has 0 aliphatic heterocycles. The summed E-state index contributed by atoms with van der Waals surface area (Å²) in [6, 6.07) is 0. The van der Waals surface area contributed by atoms with Crippen LogP contribution in [0.5, 0.6) is 0 Å². The Bertz CT molecular complexity index is 143. The second kappa shape index (κ2) is 4.59. The number of hydrogen-bond donors (Lipinski definition) is 0. The normalized spacial score (nSPS) is 9.45. The molecule has 0 N–H and O–H groups in total. The van der Waals surface area contributed by atoms with Crippen LogP contribution in [0.2, 0.25) is 0 Å². The number of carbonyl (C=O) groups is 2. The van der Waals surface area contributed by atoms with E-state index in [4.69, 9.17) is 0 Å². The molecule has 0 amide bonds. The van der Waals surface area contributed by atoms with Crippen molar-refractivity contribution >= 4 is 12.4 Å². The minimum absolute atomic E-state index is 0.00861. The third-order valence-electron chi connectivity index (χ3n) is 0.782. The van der Waals surface area contributed by atoms with Gasteiger partial charge in [0.05, 0.1) is 0 Å². The first-order valence-electron chi connectivity index (χ1n) is 2.78. The molecule has 0 spiro atoms. The molecule has 0 heterocycles. The molecule has 0 bridgehead atoms. The van der Waals surface area contributed by atoms with E-state index in [0.29, 0.717) is 0 Å². The predicted octanol–water partition coefficient (Wildman–Crippen LogP) is 1.93. The highest BCUT2D eigenvalue weighted by atomic mass is 19.2. The maximum atomic E-state index is 11.4. The van der Waals surface area contributed by atoms with Crippen LogP contribution in [-0.4, -0.2) is 18.7 Å². The summed E-state index contributed by atoms with van der Waals surface area (Å²) in [7, 11) is 0. The molecule has 0 saturated heterocycles. The summed E-state index contributed by atoms with van der Waals surface area (Å²) in [5, 5.41) is 0. The van der Waals surface area contributed by atoms with E-state index in [0.717, 1.165) is 0 Å². The third-order valence-corrected chi connectivity index (χ3v) is 0.782. The van der Waals surface area contributed by atoms with Gasteiger partial charge in [-0.05, 0) is 0 Å². The van der Waals surface area contributed by atoms with E-state index in [9.17, 15) is 18.4 Å². The summed E-state index contributed by atoms with van der Waals surface area (Å²) in [5.74, 6) is 0. The molecule has 0 rings (SSSR count). The van der Waals surface area contributed by atoms with Crippen molar-refractivity contribution in [3.63, 3.8) is 0 Å². The van der Waals surface area contributed by atoms with Crippen molar-refractivity contribution < 1.29 is 27.8 Å². The van der Waals surface area contributed by atoms with Crippen molar-refractivity contribution in [3.8, 4) is 0 Å². The van der Waals surface area contributed by atoms with Gasteiger partial charge in [-0.25, -0.2) is 9.59 Å². The van der Waals surface area contributed by atoms with E-state index in [2.05, 4.69) is 9.47 Å². The number of rotatable bonds is 3. The van der Waals surface area contributed by atoms with Gasteiger partial charge in [-0.3, -0.25) is 0 Å². The van der Waals surface area contributed by atoms with Crippen LogP contribution >= 0.6 is 0 Å². The quantitative estimate of drug-likeness (QED) is 0.477. The fourth-order valence-electron chi connectivity index (χ4n) is 0.397. The lowest BCUT2D eigenvalue weighted by Gasteiger charge is -2.10. The van der Waals surface area contributed by atoms with E-state index < -0.39 is 18.7 Å². The van der Waals surface area contributed by atoms with Crippen LogP contribution in [0.3, 0.4) is 0 Å². The van der Waals surface area contributed by atoms with Gasteiger partial charge in [-0.2, -0.15) is 0 Å². The topological polar surface area (TPSA) is 52.6 Å². The standard InChI is InChI=1S/C5H6F2O4/c1-2-3(10-4(6)8)11-5(7)9/h3H,2H2,1H3. The first-order valence-corrected chi connectivity index (χ1v) is 2.78. The Morgan fingerprint density at radius 2 is 1.64 bits per heavy atom. The monoisotopic (exact) mass is 168 g/mol. The Balaban J connectivity index is 3.76. The third kappa shape index (κ3) is 5.25. The van der Waals surface area contributed by atoms with Crippen molar-refractivity contribution in [1.82, 2.24) is 0 Å². The Morgan fingerprint density at radius 3 is 1.82 bits per heavy atom. The lowest BCUT2D eigenvalue weighted by atomic mass is 10.5. The summed E-state index contributed by atoms with van der Waals surface area (Å²) < 4.78 is 30.3. The molecule has 0 aliphatic carbocycles. The first-order chi connectivity index (χ1) is 5.06. The van der Waals surface area contributed by atoms with Gasteiger partial charge >= 0.3 is 12.4 Å². The van der Waals surface area contributed by atoms with Gasteiger partial charge in [0.15, 0.2) is 0 Å². The zero-order chi connectivity index (χ0) is 8.85. The van der Waals surface area contributed by atoms with E-state index in [-0.39, 0.29) is 6.42 Å². The van der Waals surface area contributed by atoms with Gasteiger partial charge in [-0.15, -0.1) is 8.78 Å². The average molecular weight is 168 g/mol. The van der Waals surface area contributed by atoms with Crippen LogP contribution in [0.15, 0.2) is 0 Å². The minimum atomic E-state index is -2.11. The molecule has 0 aromatic rings. The Labute approximate surface area is 61.1 Å². The van der Waals surface area contributed by atoms with Gasteiger partial charge in [0.25, 0.3) is 6.29 Å². The second-order valence-corrected chi connectivity index (χ2v) is 1.55. The van der Waals surface area contributed by atoms with Crippen LogP contribution in [0.1, 0.15) is 13.3 Å². The molecular weight excluding hydrogens is 162 g/mol. The Hall–Kier alpha value is -1.20. The van der Waals surface area contributed by atoms with Crippen LogP contribution in [0.25, 0.3) is 0 Å². The van der Waals surface area contributed by atoms with Crippen molar-refractivity contribution in [2.75, 3.05) is 0 Å². The fourth-order valence-corrected chi connectivity index (χ4v) is 0.397. The molecule has 0 atom stereocenters. The average Bonchev–Trinajstić information content (AvgIpc) is 1.84. The molecule has 0 aromatic heterocycles. The highest BCUT2D eigenvalue weighted by Crippen LogP contribution is 2.03. The van der Waals surface area contributed by atoms with Gasteiger partial charge < -0.3 is 9.47 Å². The van der Waals surface area contributed by atoms with Crippen LogP contribution in [0, 0.1) is 0 Å². The molecule has 6 heteroatoms. The van der Waals surface area contributed by atoms with Gasteiger partial charge in [0.2, 0.25) is 0 Å². The Kier molecular flexibility index (Phi) is 4.09. The van der Waals surface area contributed by atoms with Gasteiger partial charge in [0, 0.05) is 6.42 Å². The van der Waals surface area contributed by atoms with E-state index in [1.165, 1.54) is 6.92 Å². The van der Waals surface area contributed by atoms with Crippen molar-refractivity contribution in [1.29, 1.82) is 0 Å². The lowest BCUT2D eigenvalue weighted by Crippen LogP contribution is -2.19. The minimum Gasteiger partial charge on any atom is -0.400 e. The Morgan fingerprint density at radius 1 is 1.27 bits per heavy atom. The SMILES string of the molecule is CCC(OC(=O)F)OC(=O)F.